The summed E-state index contributed by atoms with van der Waals surface area (Å²) < 4.78 is 0. The molecule has 1 aromatic carbocycles. The van der Waals surface area contributed by atoms with Crippen molar-refractivity contribution in [1.29, 1.82) is 0 Å². The summed E-state index contributed by atoms with van der Waals surface area (Å²) >= 11 is 0. The molecule has 2 amide bonds. The van der Waals surface area contributed by atoms with Crippen molar-refractivity contribution in [2.75, 3.05) is 19.7 Å². The Hall–Kier alpha value is -1.88. The van der Waals surface area contributed by atoms with Gasteiger partial charge in [-0.15, -0.1) is 0 Å². The molecule has 1 fully saturated rings. The lowest BCUT2D eigenvalue weighted by Gasteiger charge is -2.34. The first kappa shape index (κ1) is 19.4. The number of benzene rings is 1. The normalized spacial score (nSPS) is 20.0. The molecule has 25 heavy (non-hydrogen) atoms. The maximum absolute atomic E-state index is 12.6. The fourth-order valence-corrected chi connectivity index (χ4v) is 3.26. The Morgan fingerprint density at radius 2 is 2.04 bits per heavy atom. The molecule has 2 rings (SSSR count). The second-order valence-corrected chi connectivity index (χ2v) is 7.01. The molecule has 1 saturated heterocycles. The molecule has 5 heteroatoms. The average molecular weight is 346 g/mol. The van der Waals surface area contributed by atoms with Crippen LogP contribution in [0.3, 0.4) is 0 Å². The van der Waals surface area contributed by atoms with Crippen molar-refractivity contribution in [3.05, 3.63) is 35.9 Å². The van der Waals surface area contributed by atoms with Gasteiger partial charge >= 0.3 is 0 Å². The molecule has 1 heterocycles. The number of amides is 2. The molecule has 2 N–H and O–H groups in total. The Kier molecular flexibility index (Phi) is 7.44. The SMILES string of the molecule is CC[C@H](C)C(=O)N1CCC[C@@H](C(=O)N[C@@H](CO)Cc2ccccc2)C1. The minimum atomic E-state index is -0.296. The maximum Gasteiger partial charge on any atom is 0.225 e. The van der Waals surface area contributed by atoms with Crippen LogP contribution in [0.1, 0.15) is 38.7 Å². The van der Waals surface area contributed by atoms with Gasteiger partial charge in [-0.05, 0) is 31.2 Å². The molecule has 1 aliphatic rings. The minimum absolute atomic E-state index is 0.00471. The summed E-state index contributed by atoms with van der Waals surface area (Å²) in [6.45, 7) is 5.07. The molecule has 138 valence electrons. The zero-order chi connectivity index (χ0) is 18.2. The van der Waals surface area contributed by atoms with Crippen LogP contribution in [-0.2, 0) is 16.0 Å². The number of aliphatic hydroxyl groups excluding tert-OH is 1. The van der Waals surface area contributed by atoms with Gasteiger partial charge in [0.1, 0.15) is 0 Å². The fraction of sp³-hybridized carbons (Fsp3) is 0.600. The predicted molar refractivity (Wildman–Crippen MR) is 97.9 cm³/mol. The summed E-state index contributed by atoms with van der Waals surface area (Å²) in [7, 11) is 0. The Morgan fingerprint density at radius 1 is 1.32 bits per heavy atom. The Morgan fingerprint density at radius 3 is 2.68 bits per heavy atom. The molecule has 0 saturated carbocycles. The molecule has 1 aliphatic heterocycles. The molecule has 0 unspecified atom stereocenters. The van der Waals surface area contributed by atoms with Crippen LogP contribution >= 0.6 is 0 Å². The number of carbonyl (C=O) groups is 2. The number of aliphatic hydroxyl groups is 1. The summed E-state index contributed by atoms with van der Waals surface area (Å²) in [6, 6.07) is 9.52. The maximum atomic E-state index is 12.6. The van der Waals surface area contributed by atoms with Gasteiger partial charge in [0.05, 0.1) is 18.6 Å². The third-order valence-corrected chi connectivity index (χ3v) is 5.03. The van der Waals surface area contributed by atoms with Crippen molar-refractivity contribution < 1.29 is 14.7 Å². The van der Waals surface area contributed by atoms with E-state index in [1.807, 2.05) is 49.1 Å². The zero-order valence-electron chi connectivity index (χ0n) is 15.3. The van der Waals surface area contributed by atoms with Crippen molar-refractivity contribution in [3.8, 4) is 0 Å². The lowest BCUT2D eigenvalue weighted by molar-refractivity contribution is -0.139. The molecule has 3 atom stereocenters. The first-order chi connectivity index (χ1) is 12.0. The highest BCUT2D eigenvalue weighted by atomic mass is 16.3. The van der Waals surface area contributed by atoms with Crippen LogP contribution in [0.4, 0.5) is 0 Å². The van der Waals surface area contributed by atoms with Crippen molar-refractivity contribution in [2.45, 2.75) is 45.6 Å². The van der Waals surface area contributed by atoms with E-state index in [-0.39, 0.29) is 36.3 Å². The van der Waals surface area contributed by atoms with Crippen LogP contribution in [0.2, 0.25) is 0 Å². The largest absolute Gasteiger partial charge is 0.394 e. The van der Waals surface area contributed by atoms with Gasteiger partial charge in [-0.2, -0.15) is 0 Å². The number of likely N-dealkylation sites (tertiary alicyclic amines) is 1. The number of carbonyl (C=O) groups excluding carboxylic acids is 2. The molecule has 0 aliphatic carbocycles. The van der Waals surface area contributed by atoms with E-state index in [1.54, 1.807) is 0 Å². The zero-order valence-corrected chi connectivity index (χ0v) is 15.3. The second-order valence-electron chi connectivity index (χ2n) is 7.01. The van der Waals surface area contributed by atoms with Crippen molar-refractivity contribution in [3.63, 3.8) is 0 Å². The van der Waals surface area contributed by atoms with Gasteiger partial charge in [-0.3, -0.25) is 9.59 Å². The van der Waals surface area contributed by atoms with Crippen LogP contribution < -0.4 is 5.32 Å². The van der Waals surface area contributed by atoms with Crippen molar-refractivity contribution in [2.24, 2.45) is 11.8 Å². The fourth-order valence-electron chi connectivity index (χ4n) is 3.26. The summed E-state index contributed by atoms with van der Waals surface area (Å²) in [5, 5.41) is 12.6. The van der Waals surface area contributed by atoms with E-state index in [0.29, 0.717) is 13.0 Å². The number of rotatable bonds is 7. The Bertz CT molecular complexity index is 561. The number of hydrogen-bond donors (Lipinski definition) is 2. The number of nitrogens with one attached hydrogen (secondary N) is 1. The number of hydrogen-bond acceptors (Lipinski definition) is 3. The van der Waals surface area contributed by atoms with E-state index in [9.17, 15) is 14.7 Å². The monoisotopic (exact) mass is 346 g/mol. The third kappa shape index (κ3) is 5.56. The van der Waals surface area contributed by atoms with Gasteiger partial charge in [0.25, 0.3) is 0 Å². The standard InChI is InChI=1S/C20H30N2O3/c1-3-15(2)20(25)22-11-7-10-17(13-22)19(24)21-18(14-23)12-16-8-5-4-6-9-16/h4-6,8-9,15,17-18,23H,3,7,10-14H2,1-2H3,(H,21,24)/t15-,17+,18+/m0/s1. The first-order valence-corrected chi connectivity index (χ1v) is 9.29. The predicted octanol–water partition coefficient (Wildman–Crippen LogP) is 1.99. The lowest BCUT2D eigenvalue weighted by Crippen LogP contribution is -2.49. The van der Waals surface area contributed by atoms with Crippen LogP contribution in [-0.4, -0.2) is 47.6 Å². The highest BCUT2D eigenvalue weighted by molar-refractivity contribution is 5.82. The van der Waals surface area contributed by atoms with E-state index < -0.39 is 0 Å². The van der Waals surface area contributed by atoms with Gasteiger partial charge in [-0.25, -0.2) is 0 Å². The van der Waals surface area contributed by atoms with Crippen LogP contribution in [0.5, 0.6) is 0 Å². The first-order valence-electron chi connectivity index (χ1n) is 9.29. The molecule has 0 radical (unpaired) electrons. The average Bonchev–Trinajstić information content (AvgIpc) is 2.67. The van der Waals surface area contributed by atoms with E-state index in [1.165, 1.54) is 0 Å². The van der Waals surface area contributed by atoms with Crippen LogP contribution in [0.25, 0.3) is 0 Å². The quantitative estimate of drug-likeness (QED) is 0.793. The Labute approximate surface area is 150 Å². The van der Waals surface area contributed by atoms with E-state index in [2.05, 4.69) is 5.32 Å². The second kappa shape index (κ2) is 9.56. The smallest absolute Gasteiger partial charge is 0.225 e. The highest BCUT2D eigenvalue weighted by Gasteiger charge is 2.30. The van der Waals surface area contributed by atoms with E-state index in [4.69, 9.17) is 0 Å². The van der Waals surface area contributed by atoms with Crippen molar-refractivity contribution in [1.82, 2.24) is 10.2 Å². The molecule has 0 spiro atoms. The molecule has 5 nitrogen and oxygen atoms in total. The molecule has 0 bridgehead atoms. The van der Waals surface area contributed by atoms with Gasteiger partial charge in [0, 0.05) is 19.0 Å². The summed E-state index contributed by atoms with van der Waals surface area (Å²) in [5.74, 6) is -0.101. The Balaban J connectivity index is 1.91. The number of nitrogens with zero attached hydrogens (tertiary/aromatic N) is 1. The minimum Gasteiger partial charge on any atom is -0.394 e. The molecular weight excluding hydrogens is 316 g/mol. The molecular formula is C20H30N2O3. The molecule has 1 aromatic rings. The van der Waals surface area contributed by atoms with Crippen LogP contribution in [0.15, 0.2) is 30.3 Å². The highest BCUT2D eigenvalue weighted by Crippen LogP contribution is 2.20. The van der Waals surface area contributed by atoms with Gasteiger partial charge in [0.2, 0.25) is 11.8 Å². The van der Waals surface area contributed by atoms with Gasteiger partial charge in [-0.1, -0.05) is 44.2 Å². The van der Waals surface area contributed by atoms with Gasteiger partial charge < -0.3 is 15.3 Å². The van der Waals surface area contributed by atoms with Crippen LogP contribution in [0, 0.1) is 11.8 Å². The lowest BCUT2D eigenvalue weighted by atomic mass is 9.95. The third-order valence-electron chi connectivity index (χ3n) is 5.03. The topological polar surface area (TPSA) is 69.6 Å². The molecule has 0 aromatic heterocycles. The summed E-state index contributed by atoms with van der Waals surface area (Å²) in [4.78, 5) is 26.8. The van der Waals surface area contributed by atoms with E-state index in [0.717, 1.165) is 31.4 Å². The summed E-state index contributed by atoms with van der Waals surface area (Å²) in [5.41, 5.74) is 1.08. The summed E-state index contributed by atoms with van der Waals surface area (Å²) in [6.07, 6.45) is 3.06. The number of piperidine rings is 1. The van der Waals surface area contributed by atoms with Gasteiger partial charge in [0.15, 0.2) is 0 Å². The van der Waals surface area contributed by atoms with Crippen molar-refractivity contribution >= 4 is 11.8 Å². The van der Waals surface area contributed by atoms with E-state index >= 15 is 0 Å².